The predicted molar refractivity (Wildman–Crippen MR) is 41.0 cm³/mol. The van der Waals surface area contributed by atoms with E-state index in [0.29, 0.717) is 5.78 Å². The Morgan fingerprint density at radius 1 is 1.20 bits per heavy atom. The maximum atomic E-state index is 11.0. The summed E-state index contributed by atoms with van der Waals surface area (Å²) in [7, 11) is 2.08. The Morgan fingerprint density at radius 2 is 2.00 bits per heavy atom. The number of nitrogens with zero attached hydrogens (tertiary/aromatic N) is 1. The largest absolute Gasteiger partial charge is 0.306 e. The molecule has 10 heavy (non-hydrogen) atoms. The summed E-state index contributed by atoms with van der Waals surface area (Å²) in [6.07, 6.45) is 3.84. The highest BCUT2D eigenvalue weighted by Crippen LogP contribution is 2.05. The SMILES string of the molecule is CN1CCCCC(=O)CC1. The van der Waals surface area contributed by atoms with Crippen LogP contribution in [0.2, 0.25) is 0 Å². The maximum absolute atomic E-state index is 11.0. The van der Waals surface area contributed by atoms with Crippen molar-refractivity contribution in [2.45, 2.75) is 25.7 Å². The summed E-state index contributed by atoms with van der Waals surface area (Å²) in [5.74, 6) is 0.437. The Balaban J connectivity index is 2.29. The molecule has 1 saturated heterocycles. The van der Waals surface area contributed by atoms with Crippen molar-refractivity contribution in [1.82, 2.24) is 4.90 Å². The lowest BCUT2D eigenvalue weighted by Gasteiger charge is -2.18. The smallest absolute Gasteiger partial charge is 0.134 e. The molecule has 0 aromatic carbocycles. The molecule has 0 radical (unpaired) electrons. The fourth-order valence-corrected chi connectivity index (χ4v) is 1.26. The van der Waals surface area contributed by atoms with Gasteiger partial charge in [-0.25, -0.2) is 0 Å². The summed E-state index contributed by atoms with van der Waals surface area (Å²) in [5, 5.41) is 0. The second kappa shape index (κ2) is 3.71. The van der Waals surface area contributed by atoms with Gasteiger partial charge in [0.25, 0.3) is 0 Å². The van der Waals surface area contributed by atoms with Gasteiger partial charge >= 0.3 is 0 Å². The zero-order chi connectivity index (χ0) is 7.40. The second-order valence-electron chi connectivity index (χ2n) is 3.05. The van der Waals surface area contributed by atoms with Crippen molar-refractivity contribution in [3.05, 3.63) is 0 Å². The lowest BCUT2D eigenvalue weighted by molar-refractivity contribution is -0.119. The maximum Gasteiger partial charge on any atom is 0.134 e. The molecular weight excluding hydrogens is 126 g/mol. The Bertz CT molecular complexity index is 122. The van der Waals surface area contributed by atoms with E-state index < -0.39 is 0 Å². The Kier molecular flexibility index (Phi) is 2.87. The van der Waals surface area contributed by atoms with E-state index in [9.17, 15) is 4.79 Å². The van der Waals surface area contributed by atoms with Crippen LogP contribution in [0.25, 0.3) is 0 Å². The van der Waals surface area contributed by atoms with Crippen molar-refractivity contribution < 1.29 is 4.79 Å². The van der Waals surface area contributed by atoms with Gasteiger partial charge in [0.1, 0.15) is 5.78 Å². The van der Waals surface area contributed by atoms with Crippen LogP contribution in [0.5, 0.6) is 0 Å². The van der Waals surface area contributed by atoms with Crippen molar-refractivity contribution in [3.63, 3.8) is 0 Å². The highest BCUT2D eigenvalue weighted by molar-refractivity contribution is 5.78. The van der Waals surface area contributed by atoms with Crippen LogP contribution in [-0.2, 0) is 4.79 Å². The molecule has 1 aliphatic rings. The molecule has 0 aromatic rings. The van der Waals surface area contributed by atoms with Gasteiger partial charge in [-0.1, -0.05) is 0 Å². The quantitative estimate of drug-likeness (QED) is 0.503. The Morgan fingerprint density at radius 3 is 2.80 bits per heavy atom. The van der Waals surface area contributed by atoms with E-state index in [1.807, 2.05) is 0 Å². The van der Waals surface area contributed by atoms with Crippen molar-refractivity contribution in [2.24, 2.45) is 0 Å². The number of likely N-dealkylation sites (tertiary alicyclic amines) is 1. The first-order valence-electron chi connectivity index (χ1n) is 3.99. The minimum atomic E-state index is 0.437. The van der Waals surface area contributed by atoms with Gasteiger partial charge in [0.05, 0.1) is 0 Å². The number of Topliss-reactive ketones (excluding diaryl/α,β-unsaturated/α-hetero) is 1. The van der Waals surface area contributed by atoms with Crippen molar-refractivity contribution in [1.29, 1.82) is 0 Å². The van der Waals surface area contributed by atoms with E-state index in [2.05, 4.69) is 11.9 Å². The molecule has 2 heteroatoms. The van der Waals surface area contributed by atoms with Crippen molar-refractivity contribution in [3.8, 4) is 0 Å². The average Bonchev–Trinajstić information content (AvgIpc) is 1.90. The first-order valence-corrected chi connectivity index (χ1v) is 3.99. The number of carbonyl (C=O) groups excluding carboxylic acids is 1. The molecule has 58 valence electrons. The molecule has 0 N–H and O–H groups in total. The van der Waals surface area contributed by atoms with Gasteiger partial charge in [0.15, 0.2) is 0 Å². The van der Waals surface area contributed by atoms with Gasteiger partial charge in [-0.3, -0.25) is 4.79 Å². The summed E-state index contributed by atoms with van der Waals surface area (Å²) in [6.45, 7) is 2.12. The van der Waals surface area contributed by atoms with E-state index in [4.69, 9.17) is 0 Å². The van der Waals surface area contributed by atoms with Crippen LogP contribution >= 0.6 is 0 Å². The molecule has 0 bridgehead atoms. The predicted octanol–water partition coefficient (Wildman–Crippen LogP) is 1.06. The average molecular weight is 141 g/mol. The summed E-state index contributed by atoms with van der Waals surface area (Å²) in [4.78, 5) is 13.2. The third-order valence-corrected chi connectivity index (χ3v) is 2.02. The molecule has 0 unspecified atom stereocenters. The van der Waals surface area contributed by atoms with E-state index in [0.717, 1.165) is 32.4 Å². The van der Waals surface area contributed by atoms with Gasteiger partial charge in [-0.15, -0.1) is 0 Å². The molecular formula is C8H15NO. The van der Waals surface area contributed by atoms with Gasteiger partial charge < -0.3 is 4.90 Å². The molecule has 0 saturated carbocycles. The molecule has 1 heterocycles. The zero-order valence-electron chi connectivity index (χ0n) is 6.60. The Labute approximate surface area is 62.2 Å². The molecule has 1 aliphatic heterocycles. The van der Waals surface area contributed by atoms with Crippen molar-refractivity contribution in [2.75, 3.05) is 20.1 Å². The molecule has 0 aromatic heterocycles. The topological polar surface area (TPSA) is 20.3 Å². The molecule has 0 atom stereocenters. The van der Waals surface area contributed by atoms with E-state index >= 15 is 0 Å². The van der Waals surface area contributed by atoms with Crippen LogP contribution in [0.1, 0.15) is 25.7 Å². The van der Waals surface area contributed by atoms with E-state index in [1.165, 1.54) is 6.42 Å². The van der Waals surface area contributed by atoms with Crippen molar-refractivity contribution >= 4 is 5.78 Å². The normalized spacial score (nSPS) is 23.9. The summed E-state index contributed by atoms with van der Waals surface area (Å²) < 4.78 is 0. The number of rotatable bonds is 0. The highest BCUT2D eigenvalue weighted by atomic mass is 16.1. The number of hydrogen-bond acceptors (Lipinski definition) is 2. The van der Waals surface area contributed by atoms with Gasteiger partial charge in [-0.05, 0) is 26.4 Å². The summed E-state index contributed by atoms with van der Waals surface area (Å²) in [6, 6.07) is 0. The summed E-state index contributed by atoms with van der Waals surface area (Å²) in [5.41, 5.74) is 0. The Hall–Kier alpha value is -0.370. The first kappa shape index (κ1) is 7.73. The second-order valence-corrected chi connectivity index (χ2v) is 3.05. The lowest BCUT2D eigenvalue weighted by Crippen LogP contribution is -2.25. The zero-order valence-corrected chi connectivity index (χ0v) is 6.60. The van der Waals surface area contributed by atoms with Crippen LogP contribution in [-0.4, -0.2) is 30.8 Å². The molecule has 1 rings (SSSR count). The molecule has 0 spiro atoms. The number of carbonyl (C=O) groups is 1. The minimum absolute atomic E-state index is 0.437. The fraction of sp³-hybridized carbons (Fsp3) is 0.875. The number of ketones is 1. The van der Waals surface area contributed by atoms with Crippen LogP contribution in [0.3, 0.4) is 0 Å². The monoisotopic (exact) mass is 141 g/mol. The van der Waals surface area contributed by atoms with Crippen LogP contribution in [0.15, 0.2) is 0 Å². The minimum Gasteiger partial charge on any atom is -0.306 e. The van der Waals surface area contributed by atoms with Gasteiger partial charge in [-0.2, -0.15) is 0 Å². The number of hydrogen-bond donors (Lipinski definition) is 0. The van der Waals surface area contributed by atoms with E-state index in [1.54, 1.807) is 0 Å². The van der Waals surface area contributed by atoms with Crippen LogP contribution in [0.4, 0.5) is 0 Å². The summed E-state index contributed by atoms with van der Waals surface area (Å²) >= 11 is 0. The van der Waals surface area contributed by atoms with Crippen LogP contribution < -0.4 is 0 Å². The third-order valence-electron chi connectivity index (χ3n) is 2.02. The molecule has 2 nitrogen and oxygen atoms in total. The fourth-order valence-electron chi connectivity index (χ4n) is 1.26. The molecule has 0 aliphatic carbocycles. The van der Waals surface area contributed by atoms with E-state index in [-0.39, 0.29) is 0 Å². The highest BCUT2D eigenvalue weighted by Gasteiger charge is 2.08. The third kappa shape index (κ3) is 2.48. The molecule has 1 fully saturated rings. The lowest BCUT2D eigenvalue weighted by atomic mass is 10.1. The standard InChI is InChI=1S/C8H15NO/c1-9-6-3-2-4-8(10)5-7-9/h2-7H2,1H3. The van der Waals surface area contributed by atoms with Gasteiger partial charge in [0, 0.05) is 19.4 Å². The van der Waals surface area contributed by atoms with Gasteiger partial charge in [0.2, 0.25) is 0 Å². The molecule has 0 amide bonds. The first-order chi connectivity index (χ1) is 4.79. The van der Waals surface area contributed by atoms with Crippen LogP contribution in [0, 0.1) is 0 Å².